The monoisotopic (exact) mass is 546 g/mol. The first-order valence-electron chi connectivity index (χ1n) is 12.5. The molecule has 8 nitrogen and oxygen atoms in total. The molecule has 1 rings (SSSR count). The van der Waals surface area contributed by atoms with E-state index >= 15 is 0 Å². The number of para-hydroxylation sites is 2. The van der Waals surface area contributed by atoms with Crippen molar-refractivity contribution in [3.8, 4) is 0 Å². The van der Waals surface area contributed by atoms with Crippen LogP contribution in [0.5, 0.6) is 0 Å². The fourth-order valence-corrected chi connectivity index (χ4v) is 7.71. The summed E-state index contributed by atoms with van der Waals surface area (Å²) in [6.45, 7) is 18.5. The second-order valence-electron chi connectivity index (χ2n) is 9.70. The topological polar surface area (TPSA) is 83.3 Å². The van der Waals surface area contributed by atoms with Crippen molar-refractivity contribution >= 4 is 50.4 Å². The Balaban J connectivity index is 3.17. The van der Waals surface area contributed by atoms with E-state index in [0.29, 0.717) is 18.8 Å². The van der Waals surface area contributed by atoms with Gasteiger partial charge in [-0.3, -0.25) is 10.1 Å². The Morgan fingerprint density at radius 3 is 1.56 bits per heavy atom. The molecule has 0 saturated carbocycles. The smallest absolute Gasteiger partial charge is 0.292 e. The number of nitro benzene ring substituents is 1. The third kappa shape index (κ3) is 9.64. The van der Waals surface area contributed by atoms with E-state index in [4.69, 9.17) is 17.7 Å². The Bertz CT molecular complexity index is 697. The SMILES string of the molecule is C[SiH2]OC(O[SiH2]C)C(C)(C)CCN(CCC(C)(C)C(O[SiH2]C)O[SiH2]C)c1ccccc1[N+](=O)[O-]. The summed E-state index contributed by atoms with van der Waals surface area (Å²) >= 11 is 0. The molecule has 0 spiro atoms. The first-order chi connectivity index (χ1) is 16.0. The summed E-state index contributed by atoms with van der Waals surface area (Å²) in [5.41, 5.74) is 0.398. The van der Waals surface area contributed by atoms with Crippen LogP contribution in [-0.4, -0.2) is 69.6 Å². The van der Waals surface area contributed by atoms with Crippen LogP contribution in [0.2, 0.25) is 26.2 Å². The van der Waals surface area contributed by atoms with Crippen molar-refractivity contribution in [3.63, 3.8) is 0 Å². The standard InChI is InChI=1S/C22H46N2O6Si4/c1-21(2,19(27-31-5)28-32-6)13-15-23(17-11-9-10-12-18(17)24(25)26)16-14-22(3,4)20(29-33-7)30-34-8/h9-12,19-20H,13-16,31-34H2,1-8H3. The number of hydrogen-bond acceptors (Lipinski definition) is 7. The number of anilines is 1. The van der Waals surface area contributed by atoms with Gasteiger partial charge < -0.3 is 22.6 Å². The molecule has 1 aromatic rings. The molecule has 0 amide bonds. The zero-order chi connectivity index (χ0) is 25.8. The largest absolute Gasteiger partial charge is 0.400 e. The summed E-state index contributed by atoms with van der Waals surface area (Å²) in [4.78, 5) is 13.7. The van der Waals surface area contributed by atoms with E-state index in [1.165, 1.54) is 0 Å². The minimum Gasteiger partial charge on any atom is -0.400 e. The predicted molar refractivity (Wildman–Crippen MR) is 152 cm³/mol. The Hall–Kier alpha value is -0.872. The second kappa shape index (κ2) is 15.3. The highest BCUT2D eigenvalue weighted by Crippen LogP contribution is 2.35. The summed E-state index contributed by atoms with van der Waals surface area (Å²) in [5.74, 6) is 0. The van der Waals surface area contributed by atoms with Crippen molar-refractivity contribution in [2.45, 2.75) is 79.3 Å². The van der Waals surface area contributed by atoms with Gasteiger partial charge in [0.05, 0.1) is 4.92 Å². The number of rotatable bonds is 18. The zero-order valence-corrected chi connectivity index (χ0v) is 28.1. The highest BCUT2D eigenvalue weighted by molar-refractivity contribution is 6.26. The van der Waals surface area contributed by atoms with Gasteiger partial charge in [-0.25, -0.2) is 0 Å². The number of nitro groups is 1. The minimum atomic E-state index is -0.613. The normalized spacial score (nSPS) is 15.5. The van der Waals surface area contributed by atoms with Crippen LogP contribution in [0, 0.1) is 20.9 Å². The van der Waals surface area contributed by atoms with Gasteiger partial charge in [-0.15, -0.1) is 0 Å². The molecule has 34 heavy (non-hydrogen) atoms. The lowest BCUT2D eigenvalue weighted by Crippen LogP contribution is -2.41. The lowest BCUT2D eigenvalue weighted by molar-refractivity contribution is -0.384. The third-order valence-electron chi connectivity index (χ3n) is 6.02. The van der Waals surface area contributed by atoms with Gasteiger partial charge in [0, 0.05) is 30.0 Å². The maximum Gasteiger partial charge on any atom is 0.292 e. The van der Waals surface area contributed by atoms with Gasteiger partial charge in [0.1, 0.15) is 18.3 Å². The zero-order valence-electron chi connectivity index (χ0n) is 22.5. The summed E-state index contributed by atoms with van der Waals surface area (Å²) in [6.07, 6.45) is 1.18. The van der Waals surface area contributed by atoms with Crippen molar-refractivity contribution in [2.24, 2.45) is 10.8 Å². The highest BCUT2D eigenvalue weighted by atomic mass is 28.2. The molecule has 196 valence electrons. The fourth-order valence-electron chi connectivity index (χ4n) is 3.92. The molecular formula is C22H46N2O6Si4. The second-order valence-corrected chi connectivity index (χ2v) is 13.3. The quantitative estimate of drug-likeness (QED) is 0.121. The first-order valence-corrected chi connectivity index (χ1v) is 20.4. The average Bonchev–Trinajstić information content (AvgIpc) is 2.78. The maximum atomic E-state index is 11.8. The molecule has 0 radical (unpaired) electrons. The van der Waals surface area contributed by atoms with Gasteiger partial charge in [0.15, 0.2) is 39.1 Å². The van der Waals surface area contributed by atoms with Crippen LogP contribution in [0.3, 0.4) is 0 Å². The van der Waals surface area contributed by atoms with Crippen LogP contribution in [0.4, 0.5) is 11.4 Å². The molecule has 0 bridgehead atoms. The van der Waals surface area contributed by atoms with Gasteiger partial charge in [0.2, 0.25) is 0 Å². The Morgan fingerprint density at radius 1 is 0.824 bits per heavy atom. The molecule has 0 heterocycles. The summed E-state index contributed by atoms with van der Waals surface area (Å²) < 4.78 is 24.2. The van der Waals surface area contributed by atoms with Crippen molar-refractivity contribution in [3.05, 3.63) is 34.4 Å². The van der Waals surface area contributed by atoms with Gasteiger partial charge in [-0.1, -0.05) is 66.0 Å². The van der Waals surface area contributed by atoms with Crippen LogP contribution >= 0.6 is 0 Å². The molecule has 0 aliphatic heterocycles. The van der Waals surface area contributed by atoms with Crippen LogP contribution in [0.25, 0.3) is 0 Å². The molecule has 12 heteroatoms. The summed E-state index contributed by atoms with van der Waals surface area (Å²) in [6, 6.07) is 7.02. The van der Waals surface area contributed by atoms with Crippen molar-refractivity contribution in [1.29, 1.82) is 0 Å². The van der Waals surface area contributed by atoms with E-state index in [2.05, 4.69) is 58.8 Å². The molecule has 0 aliphatic rings. The maximum absolute atomic E-state index is 11.8. The van der Waals surface area contributed by atoms with E-state index in [0.717, 1.165) is 12.8 Å². The number of hydrogen-bond donors (Lipinski definition) is 0. The van der Waals surface area contributed by atoms with Crippen LogP contribution < -0.4 is 4.90 Å². The highest BCUT2D eigenvalue weighted by Gasteiger charge is 2.34. The van der Waals surface area contributed by atoms with E-state index in [1.807, 2.05) is 12.1 Å². The Kier molecular flexibility index (Phi) is 14.0. The van der Waals surface area contributed by atoms with Gasteiger partial charge >= 0.3 is 0 Å². The number of nitrogens with zero attached hydrogens (tertiary/aromatic N) is 2. The Morgan fingerprint density at radius 2 is 1.21 bits per heavy atom. The Labute approximate surface area is 215 Å². The predicted octanol–water partition coefficient (Wildman–Crippen LogP) is 2.48. The minimum absolute atomic E-state index is 0.134. The molecular weight excluding hydrogens is 501 g/mol. The molecule has 0 atom stereocenters. The molecule has 1 aromatic carbocycles. The van der Waals surface area contributed by atoms with Crippen LogP contribution in [0.15, 0.2) is 24.3 Å². The van der Waals surface area contributed by atoms with Crippen LogP contribution in [-0.2, 0) is 17.7 Å². The molecule has 0 unspecified atom stereocenters. The molecule has 0 aliphatic carbocycles. The number of benzene rings is 1. The average molecular weight is 547 g/mol. The van der Waals surface area contributed by atoms with Crippen molar-refractivity contribution < 1.29 is 22.6 Å². The first kappa shape index (κ1) is 31.2. The van der Waals surface area contributed by atoms with Crippen LogP contribution in [0.1, 0.15) is 40.5 Å². The van der Waals surface area contributed by atoms with Crippen molar-refractivity contribution in [1.82, 2.24) is 0 Å². The van der Waals surface area contributed by atoms with E-state index in [9.17, 15) is 10.1 Å². The molecule has 0 aromatic heterocycles. The summed E-state index contributed by atoms with van der Waals surface area (Å²) in [7, 11) is -2.45. The van der Waals surface area contributed by atoms with E-state index in [-0.39, 0.29) is 34.0 Å². The summed E-state index contributed by atoms with van der Waals surface area (Å²) in [5, 5.41) is 11.8. The molecule has 0 fully saturated rings. The fraction of sp³-hybridized carbons (Fsp3) is 0.727. The van der Waals surface area contributed by atoms with Gasteiger partial charge in [0.25, 0.3) is 5.69 Å². The van der Waals surface area contributed by atoms with Crippen molar-refractivity contribution in [2.75, 3.05) is 18.0 Å². The molecule has 0 N–H and O–H groups in total. The van der Waals surface area contributed by atoms with E-state index in [1.54, 1.807) is 12.1 Å². The van der Waals surface area contributed by atoms with E-state index < -0.39 is 39.1 Å². The molecule has 0 saturated heterocycles. The van der Waals surface area contributed by atoms with Gasteiger partial charge in [-0.2, -0.15) is 0 Å². The lowest BCUT2D eigenvalue weighted by atomic mass is 9.87. The lowest BCUT2D eigenvalue weighted by Gasteiger charge is -2.39. The third-order valence-corrected chi connectivity index (χ3v) is 8.56. The van der Waals surface area contributed by atoms with Gasteiger partial charge in [-0.05, 0) is 18.9 Å².